The molecule has 6 nitrogen and oxygen atoms in total. The molecule has 0 bridgehead atoms. The van der Waals surface area contributed by atoms with Crippen molar-refractivity contribution in [2.75, 3.05) is 21.3 Å². The maximum Gasteiger partial charge on any atom is 0.254 e. The Hall–Kier alpha value is -3.80. The Morgan fingerprint density at radius 1 is 1.03 bits per heavy atom. The molecule has 0 atom stereocenters. The predicted molar refractivity (Wildman–Crippen MR) is 115 cm³/mol. The average molecular weight is 402 g/mol. The van der Waals surface area contributed by atoms with E-state index in [0.29, 0.717) is 35.1 Å². The summed E-state index contributed by atoms with van der Waals surface area (Å²) in [6, 6.07) is 18.6. The Kier molecular flexibility index (Phi) is 5.39. The second-order valence-electron chi connectivity index (χ2n) is 6.89. The van der Waals surface area contributed by atoms with Crippen molar-refractivity contribution in [2.24, 2.45) is 0 Å². The highest BCUT2D eigenvalue weighted by Crippen LogP contribution is 2.28. The second-order valence-corrected chi connectivity index (χ2v) is 6.89. The summed E-state index contributed by atoms with van der Waals surface area (Å²) in [5, 5.41) is 0.798. The standard InChI is InChI=1S/C24H22N2O4/c1-26(15-16-10-11-17(28-2)13-23(16)29-3)24(27)19-14-21(22-9-6-12-30-22)25-20-8-5-4-7-18(19)20/h4-14H,15H2,1-3H3. The molecule has 4 aromatic rings. The van der Waals surface area contributed by atoms with E-state index in [1.54, 1.807) is 44.6 Å². The summed E-state index contributed by atoms with van der Waals surface area (Å²) < 4.78 is 16.2. The molecular formula is C24H22N2O4. The number of hydrogen-bond donors (Lipinski definition) is 0. The molecule has 0 aliphatic rings. The molecule has 0 radical (unpaired) electrons. The van der Waals surface area contributed by atoms with Crippen molar-refractivity contribution in [3.05, 3.63) is 78.1 Å². The molecule has 6 heteroatoms. The molecule has 0 fully saturated rings. The fraction of sp³-hybridized carbons (Fsp3) is 0.167. The van der Waals surface area contributed by atoms with Gasteiger partial charge in [-0.05, 0) is 36.4 Å². The van der Waals surface area contributed by atoms with Gasteiger partial charge in [0.25, 0.3) is 5.91 Å². The van der Waals surface area contributed by atoms with E-state index in [-0.39, 0.29) is 5.91 Å². The quantitative estimate of drug-likeness (QED) is 0.464. The fourth-order valence-electron chi connectivity index (χ4n) is 3.42. The summed E-state index contributed by atoms with van der Waals surface area (Å²) in [6.45, 7) is 0.388. The minimum Gasteiger partial charge on any atom is -0.497 e. The van der Waals surface area contributed by atoms with Gasteiger partial charge in [0.1, 0.15) is 17.2 Å². The third kappa shape index (κ3) is 3.72. The molecule has 0 N–H and O–H groups in total. The zero-order valence-electron chi connectivity index (χ0n) is 17.1. The fourth-order valence-corrected chi connectivity index (χ4v) is 3.42. The molecule has 4 rings (SSSR count). The highest BCUT2D eigenvalue weighted by Gasteiger charge is 2.19. The lowest BCUT2D eigenvalue weighted by molar-refractivity contribution is 0.0786. The number of para-hydroxylation sites is 1. The first-order valence-electron chi connectivity index (χ1n) is 9.50. The number of methoxy groups -OCH3 is 2. The number of amides is 1. The van der Waals surface area contributed by atoms with Crippen LogP contribution < -0.4 is 9.47 Å². The normalized spacial score (nSPS) is 10.8. The van der Waals surface area contributed by atoms with Gasteiger partial charge in [0.2, 0.25) is 0 Å². The Bertz CT molecular complexity index is 1190. The van der Waals surface area contributed by atoms with E-state index in [2.05, 4.69) is 4.98 Å². The molecule has 152 valence electrons. The molecule has 0 aliphatic heterocycles. The number of hydrogen-bond acceptors (Lipinski definition) is 5. The lowest BCUT2D eigenvalue weighted by Crippen LogP contribution is -2.26. The zero-order valence-corrected chi connectivity index (χ0v) is 17.1. The molecule has 2 heterocycles. The molecule has 2 aromatic heterocycles. The van der Waals surface area contributed by atoms with E-state index >= 15 is 0 Å². The number of furan rings is 1. The lowest BCUT2D eigenvalue weighted by atomic mass is 10.0. The van der Waals surface area contributed by atoms with Gasteiger partial charge in [0.15, 0.2) is 5.76 Å². The van der Waals surface area contributed by atoms with Crippen molar-refractivity contribution in [2.45, 2.75) is 6.54 Å². The number of rotatable bonds is 6. The van der Waals surface area contributed by atoms with Crippen LogP contribution in [-0.2, 0) is 6.54 Å². The van der Waals surface area contributed by atoms with Gasteiger partial charge >= 0.3 is 0 Å². The van der Waals surface area contributed by atoms with Crippen LogP contribution in [0.4, 0.5) is 0 Å². The Labute approximate surface area is 174 Å². The van der Waals surface area contributed by atoms with E-state index in [0.717, 1.165) is 16.5 Å². The smallest absolute Gasteiger partial charge is 0.254 e. The van der Waals surface area contributed by atoms with Gasteiger partial charge in [-0.25, -0.2) is 4.98 Å². The lowest BCUT2D eigenvalue weighted by Gasteiger charge is -2.20. The van der Waals surface area contributed by atoms with Gasteiger partial charge in [-0.3, -0.25) is 4.79 Å². The third-order valence-corrected chi connectivity index (χ3v) is 4.97. The number of nitrogens with zero attached hydrogens (tertiary/aromatic N) is 2. The van der Waals surface area contributed by atoms with Gasteiger partial charge in [-0.1, -0.05) is 18.2 Å². The van der Waals surface area contributed by atoms with E-state index in [1.165, 1.54) is 0 Å². The van der Waals surface area contributed by atoms with Crippen LogP contribution in [0.15, 0.2) is 71.3 Å². The Balaban J connectivity index is 1.70. The largest absolute Gasteiger partial charge is 0.497 e. The number of pyridine rings is 1. The average Bonchev–Trinajstić information content (AvgIpc) is 3.33. The highest BCUT2D eigenvalue weighted by molar-refractivity contribution is 6.07. The molecule has 0 unspecified atom stereocenters. The highest BCUT2D eigenvalue weighted by atomic mass is 16.5. The van der Waals surface area contributed by atoms with E-state index in [9.17, 15) is 4.79 Å². The van der Waals surface area contributed by atoms with Crippen molar-refractivity contribution in [1.82, 2.24) is 9.88 Å². The van der Waals surface area contributed by atoms with Gasteiger partial charge in [-0.2, -0.15) is 0 Å². The number of aromatic nitrogens is 1. The van der Waals surface area contributed by atoms with E-state index < -0.39 is 0 Å². The maximum absolute atomic E-state index is 13.4. The number of ether oxygens (including phenoxy) is 2. The predicted octanol–water partition coefficient (Wildman–Crippen LogP) is 4.78. The minimum absolute atomic E-state index is 0.112. The summed E-state index contributed by atoms with van der Waals surface area (Å²) in [7, 11) is 4.98. The van der Waals surface area contributed by atoms with Crippen LogP contribution in [0.5, 0.6) is 11.5 Å². The maximum atomic E-state index is 13.4. The Morgan fingerprint density at radius 3 is 2.60 bits per heavy atom. The SMILES string of the molecule is COc1ccc(CN(C)C(=O)c2cc(-c3ccco3)nc3ccccc23)c(OC)c1. The van der Waals surface area contributed by atoms with E-state index in [1.807, 2.05) is 48.5 Å². The van der Waals surface area contributed by atoms with Gasteiger partial charge in [-0.15, -0.1) is 0 Å². The molecular weight excluding hydrogens is 380 g/mol. The summed E-state index contributed by atoms with van der Waals surface area (Å²) in [5.41, 5.74) is 2.82. The van der Waals surface area contributed by atoms with Crippen molar-refractivity contribution in [1.29, 1.82) is 0 Å². The van der Waals surface area contributed by atoms with Crippen molar-refractivity contribution in [3.8, 4) is 23.0 Å². The third-order valence-electron chi connectivity index (χ3n) is 4.97. The van der Waals surface area contributed by atoms with Gasteiger partial charge in [0, 0.05) is 30.6 Å². The number of fused-ring (bicyclic) bond motifs is 1. The summed E-state index contributed by atoms with van der Waals surface area (Å²) in [5.74, 6) is 1.88. The number of benzene rings is 2. The van der Waals surface area contributed by atoms with Crippen LogP contribution >= 0.6 is 0 Å². The molecule has 0 saturated heterocycles. The summed E-state index contributed by atoms with van der Waals surface area (Å²) in [4.78, 5) is 19.7. The molecule has 0 spiro atoms. The minimum atomic E-state index is -0.112. The zero-order chi connectivity index (χ0) is 21.1. The molecule has 0 aliphatic carbocycles. The second kappa shape index (κ2) is 8.29. The van der Waals surface area contributed by atoms with Crippen LogP contribution in [0.3, 0.4) is 0 Å². The molecule has 30 heavy (non-hydrogen) atoms. The van der Waals surface area contributed by atoms with Crippen molar-refractivity contribution >= 4 is 16.8 Å². The van der Waals surface area contributed by atoms with Crippen molar-refractivity contribution in [3.63, 3.8) is 0 Å². The first-order chi connectivity index (χ1) is 14.6. The topological polar surface area (TPSA) is 64.8 Å². The summed E-state index contributed by atoms with van der Waals surface area (Å²) in [6.07, 6.45) is 1.59. The molecule has 0 saturated carbocycles. The first-order valence-corrected chi connectivity index (χ1v) is 9.50. The van der Waals surface area contributed by atoms with Crippen LogP contribution in [0.25, 0.3) is 22.4 Å². The van der Waals surface area contributed by atoms with Crippen LogP contribution in [0, 0.1) is 0 Å². The molecule has 1 amide bonds. The number of carbonyl (C=O) groups is 1. The van der Waals surface area contributed by atoms with Gasteiger partial charge < -0.3 is 18.8 Å². The summed E-state index contributed by atoms with van der Waals surface area (Å²) >= 11 is 0. The van der Waals surface area contributed by atoms with Crippen LogP contribution in [-0.4, -0.2) is 37.1 Å². The molecule has 2 aromatic carbocycles. The van der Waals surface area contributed by atoms with Crippen LogP contribution in [0.2, 0.25) is 0 Å². The van der Waals surface area contributed by atoms with Crippen molar-refractivity contribution < 1.29 is 18.7 Å². The first kappa shape index (κ1) is 19.5. The van der Waals surface area contributed by atoms with Crippen LogP contribution in [0.1, 0.15) is 15.9 Å². The van der Waals surface area contributed by atoms with Gasteiger partial charge in [0.05, 0.1) is 31.6 Å². The van der Waals surface area contributed by atoms with E-state index in [4.69, 9.17) is 13.9 Å². The monoisotopic (exact) mass is 402 g/mol. The number of carbonyl (C=O) groups excluding carboxylic acids is 1. The Morgan fingerprint density at radius 2 is 1.87 bits per heavy atom.